The Hall–Kier alpha value is -2.48. The lowest BCUT2D eigenvalue weighted by Crippen LogP contribution is -2.53. The van der Waals surface area contributed by atoms with Crippen molar-refractivity contribution >= 4 is 22.0 Å². The SMILES string of the molecule is C[C@@]1(C2CC2)NC(=O)N(CN2CCN(S(=O)(=O)c3ccccc3C#N)CC2)C1=O. The Balaban J connectivity index is 1.41. The highest BCUT2D eigenvalue weighted by molar-refractivity contribution is 7.89. The third-order valence-corrected chi connectivity index (χ3v) is 7.95. The number of sulfonamides is 1. The Morgan fingerprint density at radius 3 is 2.45 bits per heavy atom. The van der Waals surface area contributed by atoms with Crippen molar-refractivity contribution in [2.45, 2.75) is 30.2 Å². The molecule has 0 spiro atoms. The molecule has 9 nitrogen and oxygen atoms in total. The molecule has 0 radical (unpaired) electrons. The number of hydrogen-bond donors (Lipinski definition) is 1. The first-order valence-corrected chi connectivity index (χ1v) is 11.1. The molecular formula is C19H23N5O4S. The van der Waals surface area contributed by atoms with Crippen LogP contribution < -0.4 is 5.32 Å². The number of nitriles is 1. The zero-order valence-electron chi connectivity index (χ0n) is 16.2. The molecule has 154 valence electrons. The van der Waals surface area contributed by atoms with Crippen LogP contribution in [-0.4, -0.2) is 72.8 Å². The average Bonchev–Trinajstić information content (AvgIpc) is 3.54. The quantitative estimate of drug-likeness (QED) is 0.700. The van der Waals surface area contributed by atoms with Crippen molar-refractivity contribution in [2.75, 3.05) is 32.8 Å². The second kappa shape index (κ2) is 7.09. The fraction of sp³-hybridized carbons (Fsp3) is 0.526. The highest BCUT2D eigenvalue weighted by Gasteiger charge is 2.56. The number of hydrogen-bond acceptors (Lipinski definition) is 6. The van der Waals surface area contributed by atoms with Crippen LogP contribution in [0.25, 0.3) is 0 Å². The number of piperazine rings is 1. The number of benzene rings is 1. The molecule has 10 heteroatoms. The lowest BCUT2D eigenvalue weighted by molar-refractivity contribution is -0.133. The van der Waals surface area contributed by atoms with E-state index in [-0.39, 0.29) is 48.1 Å². The summed E-state index contributed by atoms with van der Waals surface area (Å²) in [4.78, 5) is 28.2. The molecule has 4 rings (SSSR count). The van der Waals surface area contributed by atoms with E-state index in [0.29, 0.717) is 13.1 Å². The molecule has 1 aromatic carbocycles. The van der Waals surface area contributed by atoms with Crippen LogP contribution in [0.2, 0.25) is 0 Å². The number of nitrogens with zero attached hydrogens (tertiary/aromatic N) is 4. The molecule has 3 amide bonds. The molecular weight excluding hydrogens is 394 g/mol. The summed E-state index contributed by atoms with van der Waals surface area (Å²) in [5.41, 5.74) is -0.697. The summed E-state index contributed by atoms with van der Waals surface area (Å²) < 4.78 is 27.2. The van der Waals surface area contributed by atoms with Crippen molar-refractivity contribution in [3.63, 3.8) is 0 Å². The van der Waals surface area contributed by atoms with Crippen LogP contribution in [0.5, 0.6) is 0 Å². The Bertz CT molecular complexity index is 992. The number of urea groups is 1. The van der Waals surface area contributed by atoms with Crippen molar-refractivity contribution in [1.29, 1.82) is 5.26 Å². The van der Waals surface area contributed by atoms with Gasteiger partial charge in [-0.2, -0.15) is 9.57 Å². The number of carbonyl (C=O) groups is 2. The molecule has 2 aliphatic heterocycles. The van der Waals surface area contributed by atoms with Crippen molar-refractivity contribution in [3.05, 3.63) is 29.8 Å². The Labute approximate surface area is 169 Å². The summed E-state index contributed by atoms with van der Waals surface area (Å²) in [6, 6.07) is 7.68. The highest BCUT2D eigenvalue weighted by Crippen LogP contribution is 2.42. The van der Waals surface area contributed by atoms with E-state index >= 15 is 0 Å². The Morgan fingerprint density at radius 2 is 1.83 bits per heavy atom. The normalized spacial score (nSPS) is 26.4. The summed E-state index contributed by atoms with van der Waals surface area (Å²) in [6.07, 6.45) is 1.88. The molecule has 29 heavy (non-hydrogen) atoms. The number of amides is 3. The van der Waals surface area contributed by atoms with E-state index in [4.69, 9.17) is 0 Å². The van der Waals surface area contributed by atoms with Crippen LogP contribution in [0.15, 0.2) is 29.2 Å². The van der Waals surface area contributed by atoms with Gasteiger partial charge in [-0.1, -0.05) is 12.1 Å². The summed E-state index contributed by atoms with van der Waals surface area (Å²) in [5, 5.41) is 12.0. The van der Waals surface area contributed by atoms with Gasteiger partial charge in [-0.15, -0.1) is 0 Å². The third kappa shape index (κ3) is 3.39. The van der Waals surface area contributed by atoms with E-state index in [1.165, 1.54) is 21.3 Å². The van der Waals surface area contributed by atoms with Gasteiger partial charge in [0.15, 0.2) is 0 Å². The monoisotopic (exact) mass is 417 g/mol. The second-order valence-corrected chi connectivity index (χ2v) is 9.82. The molecule has 1 atom stereocenters. The van der Waals surface area contributed by atoms with Crippen LogP contribution in [0, 0.1) is 17.2 Å². The van der Waals surface area contributed by atoms with E-state index in [1.54, 1.807) is 19.1 Å². The van der Waals surface area contributed by atoms with Gasteiger partial charge in [0.1, 0.15) is 11.6 Å². The van der Waals surface area contributed by atoms with E-state index in [2.05, 4.69) is 5.32 Å². The van der Waals surface area contributed by atoms with Gasteiger partial charge < -0.3 is 5.32 Å². The van der Waals surface area contributed by atoms with Crippen LogP contribution in [0.4, 0.5) is 4.79 Å². The molecule has 3 fully saturated rings. The van der Waals surface area contributed by atoms with Gasteiger partial charge in [0.2, 0.25) is 10.0 Å². The van der Waals surface area contributed by atoms with Gasteiger partial charge in [-0.05, 0) is 37.8 Å². The molecule has 0 aromatic heterocycles. The lowest BCUT2D eigenvalue weighted by Gasteiger charge is -2.35. The minimum absolute atomic E-state index is 0.00486. The summed E-state index contributed by atoms with van der Waals surface area (Å²) in [5.74, 6) is -0.00542. The van der Waals surface area contributed by atoms with Crippen LogP contribution in [0.1, 0.15) is 25.3 Å². The summed E-state index contributed by atoms with van der Waals surface area (Å²) in [6.45, 7) is 3.17. The number of carbonyl (C=O) groups excluding carboxylic acids is 2. The van der Waals surface area contributed by atoms with Crippen molar-refractivity contribution in [3.8, 4) is 6.07 Å². The maximum Gasteiger partial charge on any atom is 0.326 e. The van der Waals surface area contributed by atoms with Gasteiger partial charge in [-0.25, -0.2) is 18.1 Å². The molecule has 2 heterocycles. The first kappa shape index (κ1) is 19.8. The van der Waals surface area contributed by atoms with Crippen molar-refractivity contribution in [1.82, 2.24) is 19.4 Å². The minimum atomic E-state index is -3.77. The molecule has 0 bridgehead atoms. The zero-order valence-corrected chi connectivity index (χ0v) is 17.0. The molecule has 1 aliphatic carbocycles. The highest BCUT2D eigenvalue weighted by atomic mass is 32.2. The molecule has 1 saturated carbocycles. The predicted octanol–water partition coefficient (Wildman–Crippen LogP) is 0.543. The van der Waals surface area contributed by atoms with E-state index in [0.717, 1.165) is 12.8 Å². The number of imide groups is 1. The first-order valence-electron chi connectivity index (χ1n) is 9.63. The maximum absolute atomic E-state index is 12.9. The minimum Gasteiger partial charge on any atom is -0.323 e. The van der Waals surface area contributed by atoms with Gasteiger partial charge >= 0.3 is 6.03 Å². The standard InChI is InChI=1S/C19H23N5O4S/c1-19(15-6-7-15)17(25)24(18(26)21-19)13-22-8-10-23(11-9-22)29(27,28)16-5-3-2-4-14(16)12-20/h2-5,15H,6-11,13H2,1H3,(H,21,26)/t19-/m0/s1. The lowest BCUT2D eigenvalue weighted by atomic mass is 9.96. The Morgan fingerprint density at radius 1 is 1.17 bits per heavy atom. The van der Waals surface area contributed by atoms with Crippen LogP contribution in [-0.2, 0) is 14.8 Å². The third-order valence-electron chi connectivity index (χ3n) is 5.99. The van der Waals surface area contributed by atoms with Gasteiger partial charge in [0.25, 0.3) is 5.91 Å². The van der Waals surface area contributed by atoms with Gasteiger partial charge in [-0.3, -0.25) is 9.69 Å². The van der Waals surface area contributed by atoms with Gasteiger partial charge in [0, 0.05) is 26.2 Å². The molecule has 1 N–H and O–H groups in total. The number of nitrogens with one attached hydrogen (secondary N) is 1. The summed E-state index contributed by atoms with van der Waals surface area (Å²) >= 11 is 0. The smallest absolute Gasteiger partial charge is 0.323 e. The number of rotatable bonds is 5. The molecule has 0 unspecified atom stereocenters. The summed E-state index contributed by atoms with van der Waals surface area (Å²) in [7, 11) is -3.77. The predicted molar refractivity (Wildman–Crippen MR) is 103 cm³/mol. The van der Waals surface area contributed by atoms with Crippen LogP contribution >= 0.6 is 0 Å². The maximum atomic E-state index is 12.9. The zero-order chi connectivity index (χ0) is 20.8. The Kier molecular flexibility index (Phi) is 4.85. The van der Waals surface area contributed by atoms with E-state index in [1.807, 2.05) is 11.0 Å². The molecule has 3 aliphatic rings. The van der Waals surface area contributed by atoms with Crippen molar-refractivity contribution < 1.29 is 18.0 Å². The van der Waals surface area contributed by atoms with Gasteiger partial charge in [0.05, 0.1) is 17.1 Å². The fourth-order valence-electron chi connectivity index (χ4n) is 4.02. The molecule has 2 saturated heterocycles. The average molecular weight is 417 g/mol. The van der Waals surface area contributed by atoms with E-state index < -0.39 is 15.6 Å². The first-order chi connectivity index (χ1) is 13.8. The largest absolute Gasteiger partial charge is 0.326 e. The fourth-order valence-corrected chi connectivity index (χ4v) is 5.58. The molecule has 1 aromatic rings. The topological polar surface area (TPSA) is 114 Å². The second-order valence-electron chi connectivity index (χ2n) is 7.91. The van der Waals surface area contributed by atoms with Crippen molar-refractivity contribution in [2.24, 2.45) is 5.92 Å². The van der Waals surface area contributed by atoms with E-state index in [9.17, 15) is 23.3 Å². The van der Waals surface area contributed by atoms with Crippen LogP contribution in [0.3, 0.4) is 0 Å².